The highest BCUT2D eigenvalue weighted by molar-refractivity contribution is 5.79. The van der Waals surface area contributed by atoms with Crippen molar-refractivity contribution in [3.63, 3.8) is 0 Å². The maximum absolute atomic E-state index is 12.9. The highest BCUT2D eigenvalue weighted by atomic mass is 16.2. The SMILES string of the molecule is Cc1nn(CC(C)C)c(C)c1CC(=O)N1CCC(Cc2ccccc2)CC1. The first kappa shape index (κ1) is 19.7. The Bertz CT molecular complexity index is 755. The summed E-state index contributed by atoms with van der Waals surface area (Å²) in [6, 6.07) is 10.7. The number of aromatic nitrogens is 2. The Morgan fingerprint density at radius 2 is 1.81 bits per heavy atom. The highest BCUT2D eigenvalue weighted by Crippen LogP contribution is 2.23. The van der Waals surface area contributed by atoms with Crippen molar-refractivity contribution >= 4 is 5.91 Å². The first-order valence-corrected chi connectivity index (χ1v) is 10.3. The number of hydrogen-bond donors (Lipinski definition) is 0. The van der Waals surface area contributed by atoms with Crippen LogP contribution < -0.4 is 0 Å². The van der Waals surface area contributed by atoms with E-state index in [1.54, 1.807) is 0 Å². The summed E-state index contributed by atoms with van der Waals surface area (Å²) < 4.78 is 2.06. The maximum atomic E-state index is 12.9. The molecule has 3 rings (SSSR count). The van der Waals surface area contributed by atoms with E-state index < -0.39 is 0 Å². The van der Waals surface area contributed by atoms with Crippen molar-refractivity contribution in [1.82, 2.24) is 14.7 Å². The lowest BCUT2D eigenvalue weighted by atomic mass is 9.90. The zero-order chi connectivity index (χ0) is 19.4. The van der Waals surface area contributed by atoms with Gasteiger partial charge in [-0.1, -0.05) is 44.2 Å². The molecular weight excluding hydrogens is 334 g/mol. The molecule has 1 aliphatic rings. The van der Waals surface area contributed by atoms with Crippen LogP contribution in [-0.2, 0) is 24.2 Å². The largest absolute Gasteiger partial charge is 0.342 e. The average Bonchev–Trinajstić information content (AvgIpc) is 2.90. The van der Waals surface area contributed by atoms with Crippen molar-refractivity contribution in [2.45, 2.75) is 59.9 Å². The smallest absolute Gasteiger partial charge is 0.227 e. The van der Waals surface area contributed by atoms with Crippen LogP contribution >= 0.6 is 0 Å². The Morgan fingerprint density at radius 3 is 2.44 bits per heavy atom. The van der Waals surface area contributed by atoms with E-state index in [0.717, 1.165) is 55.8 Å². The summed E-state index contributed by atoms with van der Waals surface area (Å²) in [6.07, 6.45) is 3.82. The lowest BCUT2D eigenvalue weighted by Gasteiger charge is -2.32. The molecular formula is C23H33N3O. The van der Waals surface area contributed by atoms with Crippen LogP contribution in [0.25, 0.3) is 0 Å². The van der Waals surface area contributed by atoms with Crippen LogP contribution in [0.3, 0.4) is 0 Å². The second-order valence-electron chi connectivity index (χ2n) is 8.42. The van der Waals surface area contributed by atoms with E-state index in [0.29, 0.717) is 18.3 Å². The molecule has 0 bridgehead atoms. The van der Waals surface area contributed by atoms with Gasteiger partial charge in [-0.15, -0.1) is 0 Å². The second kappa shape index (κ2) is 8.73. The minimum atomic E-state index is 0.253. The number of aryl methyl sites for hydroxylation is 1. The van der Waals surface area contributed by atoms with Gasteiger partial charge in [0.2, 0.25) is 5.91 Å². The Labute approximate surface area is 163 Å². The molecule has 4 nitrogen and oxygen atoms in total. The molecule has 2 aromatic rings. The molecule has 4 heteroatoms. The van der Waals surface area contributed by atoms with E-state index in [4.69, 9.17) is 0 Å². The number of benzene rings is 1. The van der Waals surface area contributed by atoms with Gasteiger partial charge in [0.15, 0.2) is 0 Å². The fraction of sp³-hybridized carbons (Fsp3) is 0.565. The molecule has 0 atom stereocenters. The van der Waals surface area contributed by atoms with Gasteiger partial charge in [-0.05, 0) is 50.5 Å². The third-order valence-electron chi connectivity index (χ3n) is 5.73. The quantitative estimate of drug-likeness (QED) is 0.768. The van der Waals surface area contributed by atoms with Crippen LogP contribution in [-0.4, -0.2) is 33.7 Å². The summed E-state index contributed by atoms with van der Waals surface area (Å²) in [5.41, 5.74) is 4.67. The first-order chi connectivity index (χ1) is 12.9. The van der Waals surface area contributed by atoms with Crippen molar-refractivity contribution < 1.29 is 4.79 Å². The van der Waals surface area contributed by atoms with Gasteiger partial charge in [0.25, 0.3) is 0 Å². The van der Waals surface area contributed by atoms with Gasteiger partial charge in [0.05, 0.1) is 12.1 Å². The lowest BCUT2D eigenvalue weighted by molar-refractivity contribution is -0.131. The molecule has 1 aromatic heterocycles. The van der Waals surface area contributed by atoms with Crippen molar-refractivity contribution in [2.24, 2.45) is 11.8 Å². The molecule has 2 heterocycles. The first-order valence-electron chi connectivity index (χ1n) is 10.3. The van der Waals surface area contributed by atoms with Gasteiger partial charge in [-0.2, -0.15) is 5.10 Å². The summed E-state index contributed by atoms with van der Waals surface area (Å²) in [7, 11) is 0. The third-order valence-corrected chi connectivity index (χ3v) is 5.73. The standard InChI is InChI=1S/C23H33N3O/c1-17(2)16-26-19(4)22(18(3)24-26)15-23(27)25-12-10-21(11-13-25)14-20-8-6-5-7-9-20/h5-9,17,21H,10-16H2,1-4H3. The Morgan fingerprint density at radius 1 is 1.15 bits per heavy atom. The topological polar surface area (TPSA) is 38.1 Å². The molecule has 1 fully saturated rings. The molecule has 0 N–H and O–H groups in total. The molecule has 1 amide bonds. The number of likely N-dealkylation sites (tertiary alicyclic amines) is 1. The Hall–Kier alpha value is -2.10. The molecule has 0 spiro atoms. The zero-order valence-corrected chi connectivity index (χ0v) is 17.2. The summed E-state index contributed by atoms with van der Waals surface area (Å²) in [4.78, 5) is 14.9. The van der Waals surface area contributed by atoms with Crippen LogP contribution in [0.15, 0.2) is 30.3 Å². The van der Waals surface area contributed by atoms with E-state index in [-0.39, 0.29) is 5.91 Å². The monoisotopic (exact) mass is 367 g/mol. The van der Waals surface area contributed by atoms with Gasteiger partial charge in [-0.25, -0.2) is 0 Å². The van der Waals surface area contributed by atoms with Gasteiger partial charge in [0, 0.05) is 30.9 Å². The lowest BCUT2D eigenvalue weighted by Crippen LogP contribution is -2.39. The van der Waals surface area contributed by atoms with E-state index in [2.05, 4.69) is 65.8 Å². The number of nitrogens with zero attached hydrogens (tertiary/aromatic N) is 3. The van der Waals surface area contributed by atoms with Crippen molar-refractivity contribution in [3.05, 3.63) is 52.8 Å². The van der Waals surface area contributed by atoms with Crippen molar-refractivity contribution in [2.75, 3.05) is 13.1 Å². The van der Waals surface area contributed by atoms with Gasteiger partial charge in [-0.3, -0.25) is 9.48 Å². The van der Waals surface area contributed by atoms with Crippen LogP contribution in [0, 0.1) is 25.7 Å². The fourth-order valence-corrected chi connectivity index (χ4v) is 4.11. The van der Waals surface area contributed by atoms with Crippen molar-refractivity contribution in [1.29, 1.82) is 0 Å². The Balaban J connectivity index is 1.55. The summed E-state index contributed by atoms with van der Waals surface area (Å²) >= 11 is 0. The third kappa shape index (κ3) is 5.00. The number of carbonyl (C=O) groups excluding carboxylic acids is 1. The molecule has 0 radical (unpaired) electrons. The fourth-order valence-electron chi connectivity index (χ4n) is 4.11. The van der Waals surface area contributed by atoms with Gasteiger partial charge in [0.1, 0.15) is 0 Å². The Kier molecular flexibility index (Phi) is 6.35. The van der Waals surface area contributed by atoms with Gasteiger partial charge < -0.3 is 4.90 Å². The van der Waals surface area contributed by atoms with E-state index in [1.807, 2.05) is 6.92 Å². The van der Waals surface area contributed by atoms with E-state index in [9.17, 15) is 4.79 Å². The van der Waals surface area contributed by atoms with Crippen LogP contribution in [0.5, 0.6) is 0 Å². The molecule has 0 saturated carbocycles. The normalized spacial score (nSPS) is 15.5. The minimum absolute atomic E-state index is 0.253. The molecule has 146 valence electrons. The number of amides is 1. The molecule has 27 heavy (non-hydrogen) atoms. The number of rotatable bonds is 6. The molecule has 1 aliphatic heterocycles. The van der Waals surface area contributed by atoms with E-state index >= 15 is 0 Å². The summed E-state index contributed by atoms with van der Waals surface area (Å²) in [5, 5.41) is 4.65. The zero-order valence-electron chi connectivity index (χ0n) is 17.2. The average molecular weight is 368 g/mol. The van der Waals surface area contributed by atoms with Gasteiger partial charge >= 0.3 is 0 Å². The molecule has 0 unspecified atom stereocenters. The predicted octanol–water partition coefficient (Wildman–Crippen LogP) is 4.18. The van der Waals surface area contributed by atoms with Crippen molar-refractivity contribution in [3.8, 4) is 0 Å². The molecule has 0 aliphatic carbocycles. The number of hydrogen-bond acceptors (Lipinski definition) is 2. The highest BCUT2D eigenvalue weighted by Gasteiger charge is 2.24. The summed E-state index contributed by atoms with van der Waals surface area (Å²) in [6.45, 7) is 11.2. The van der Waals surface area contributed by atoms with E-state index in [1.165, 1.54) is 5.56 Å². The molecule has 1 aromatic carbocycles. The summed E-state index contributed by atoms with van der Waals surface area (Å²) in [5.74, 6) is 1.49. The predicted molar refractivity (Wildman–Crippen MR) is 110 cm³/mol. The van der Waals surface area contributed by atoms with Crippen LogP contribution in [0.4, 0.5) is 0 Å². The second-order valence-corrected chi connectivity index (χ2v) is 8.42. The van der Waals surface area contributed by atoms with Crippen LogP contribution in [0.1, 0.15) is 49.2 Å². The molecule has 1 saturated heterocycles. The number of carbonyl (C=O) groups is 1. The minimum Gasteiger partial charge on any atom is -0.342 e. The maximum Gasteiger partial charge on any atom is 0.227 e. The number of piperidine rings is 1. The van der Waals surface area contributed by atoms with Crippen LogP contribution in [0.2, 0.25) is 0 Å².